The van der Waals surface area contributed by atoms with Gasteiger partial charge in [-0.1, -0.05) is 5.16 Å². The predicted octanol–water partition coefficient (Wildman–Crippen LogP) is 1.92. The van der Waals surface area contributed by atoms with Crippen molar-refractivity contribution in [3.63, 3.8) is 0 Å². The van der Waals surface area contributed by atoms with Crippen LogP contribution in [0.1, 0.15) is 54.8 Å². The number of hydrogen-bond acceptors (Lipinski definition) is 5. The Bertz CT molecular complexity index is 675. The molecule has 1 atom stereocenters. The summed E-state index contributed by atoms with van der Waals surface area (Å²) in [6, 6.07) is 2.18. The van der Waals surface area contributed by atoms with Gasteiger partial charge in [0.05, 0.1) is 5.92 Å². The summed E-state index contributed by atoms with van der Waals surface area (Å²) >= 11 is 0. The molecule has 7 nitrogen and oxygen atoms in total. The second-order valence-electron chi connectivity index (χ2n) is 8.21. The molecule has 3 saturated heterocycles. The number of aryl methyl sites for hydroxylation is 1. The van der Waals surface area contributed by atoms with Gasteiger partial charge in [0, 0.05) is 44.8 Å². The lowest BCUT2D eigenvalue weighted by Crippen LogP contribution is -2.51. The van der Waals surface area contributed by atoms with E-state index in [4.69, 9.17) is 4.52 Å². The maximum atomic E-state index is 12.8. The van der Waals surface area contributed by atoms with Gasteiger partial charge in [0.25, 0.3) is 5.91 Å². The van der Waals surface area contributed by atoms with Gasteiger partial charge >= 0.3 is 0 Å². The van der Waals surface area contributed by atoms with Gasteiger partial charge in [-0.25, -0.2) is 0 Å². The van der Waals surface area contributed by atoms with E-state index in [1.807, 2.05) is 4.90 Å². The highest BCUT2D eigenvalue weighted by atomic mass is 16.5. The van der Waals surface area contributed by atoms with E-state index < -0.39 is 0 Å². The van der Waals surface area contributed by atoms with Crippen molar-refractivity contribution in [2.75, 3.05) is 39.3 Å². The SMILES string of the molecule is Cc1cc(C(=O)N2CCC(N3CCC[C@@H](C(=O)N4CCCC4)C3)CC2)no1. The number of carbonyl (C=O) groups excluding carboxylic acids is 2. The quantitative estimate of drug-likeness (QED) is 0.808. The van der Waals surface area contributed by atoms with Crippen LogP contribution in [0.3, 0.4) is 0 Å². The van der Waals surface area contributed by atoms with Crippen molar-refractivity contribution < 1.29 is 14.1 Å². The number of aromatic nitrogens is 1. The van der Waals surface area contributed by atoms with E-state index in [0.717, 1.165) is 77.8 Å². The van der Waals surface area contributed by atoms with E-state index in [1.54, 1.807) is 13.0 Å². The number of likely N-dealkylation sites (tertiary alicyclic amines) is 3. The van der Waals surface area contributed by atoms with Crippen molar-refractivity contribution in [2.24, 2.45) is 5.92 Å². The Morgan fingerprint density at radius 2 is 1.74 bits per heavy atom. The van der Waals surface area contributed by atoms with Crippen molar-refractivity contribution >= 4 is 11.8 Å². The molecule has 0 aliphatic carbocycles. The monoisotopic (exact) mass is 374 g/mol. The molecule has 7 heteroatoms. The number of piperidine rings is 2. The lowest BCUT2D eigenvalue weighted by atomic mass is 9.93. The average Bonchev–Trinajstić information content (AvgIpc) is 3.39. The molecule has 0 radical (unpaired) electrons. The molecule has 0 aromatic carbocycles. The fourth-order valence-corrected chi connectivity index (χ4v) is 4.80. The molecule has 1 aromatic heterocycles. The van der Waals surface area contributed by atoms with E-state index in [9.17, 15) is 9.59 Å². The highest BCUT2D eigenvalue weighted by molar-refractivity contribution is 5.92. The van der Waals surface area contributed by atoms with Crippen LogP contribution in [0.2, 0.25) is 0 Å². The topological polar surface area (TPSA) is 69.9 Å². The van der Waals surface area contributed by atoms with Gasteiger partial charge in [0.2, 0.25) is 5.91 Å². The molecule has 4 heterocycles. The van der Waals surface area contributed by atoms with Gasteiger partial charge in [0.15, 0.2) is 5.69 Å². The third-order valence-electron chi connectivity index (χ3n) is 6.33. The molecule has 3 fully saturated rings. The fraction of sp³-hybridized carbons (Fsp3) is 0.750. The molecular weight excluding hydrogens is 344 g/mol. The molecule has 3 aliphatic heterocycles. The molecule has 2 amide bonds. The predicted molar refractivity (Wildman–Crippen MR) is 100 cm³/mol. The van der Waals surface area contributed by atoms with Crippen molar-refractivity contribution in [3.8, 4) is 0 Å². The number of amides is 2. The summed E-state index contributed by atoms with van der Waals surface area (Å²) in [5.41, 5.74) is 0.403. The minimum atomic E-state index is -0.0361. The number of nitrogens with zero attached hydrogens (tertiary/aromatic N) is 4. The summed E-state index contributed by atoms with van der Waals surface area (Å²) in [4.78, 5) is 31.7. The number of hydrogen-bond donors (Lipinski definition) is 0. The van der Waals surface area contributed by atoms with E-state index in [-0.39, 0.29) is 11.8 Å². The second kappa shape index (κ2) is 8.00. The molecule has 0 bridgehead atoms. The zero-order valence-electron chi connectivity index (χ0n) is 16.2. The summed E-state index contributed by atoms with van der Waals surface area (Å²) < 4.78 is 5.03. The van der Waals surface area contributed by atoms with Crippen LogP contribution >= 0.6 is 0 Å². The third kappa shape index (κ3) is 4.03. The fourth-order valence-electron chi connectivity index (χ4n) is 4.80. The second-order valence-corrected chi connectivity index (χ2v) is 8.21. The molecule has 0 spiro atoms. The van der Waals surface area contributed by atoms with Gasteiger partial charge in [-0.05, 0) is 52.0 Å². The summed E-state index contributed by atoms with van der Waals surface area (Å²) in [6.07, 6.45) is 6.36. The van der Waals surface area contributed by atoms with Crippen LogP contribution in [0.25, 0.3) is 0 Å². The Kier molecular flexibility index (Phi) is 5.48. The molecule has 4 rings (SSSR count). The minimum absolute atomic E-state index is 0.0361. The maximum Gasteiger partial charge on any atom is 0.276 e. The highest BCUT2D eigenvalue weighted by Gasteiger charge is 2.35. The Morgan fingerprint density at radius 3 is 2.41 bits per heavy atom. The lowest BCUT2D eigenvalue weighted by Gasteiger charge is -2.42. The van der Waals surface area contributed by atoms with E-state index in [1.165, 1.54) is 0 Å². The first kappa shape index (κ1) is 18.5. The van der Waals surface area contributed by atoms with Crippen molar-refractivity contribution in [2.45, 2.75) is 51.5 Å². The molecule has 27 heavy (non-hydrogen) atoms. The lowest BCUT2D eigenvalue weighted by molar-refractivity contribution is -0.136. The van der Waals surface area contributed by atoms with Crippen LogP contribution < -0.4 is 0 Å². The van der Waals surface area contributed by atoms with Crippen LogP contribution in [-0.4, -0.2) is 77.0 Å². The van der Waals surface area contributed by atoms with E-state index >= 15 is 0 Å². The van der Waals surface area contributed by atoms with Gasteiger partial charge in [-0.2, -0.15) is 0 Å². The molecule has 1 aromatic rings. The van der Waals surface area contributed by atoms with Crippen LogP contribution in [-0.2, 0) is 4.79 Å². The summed E-state index contributed by atoms with van der Waals surface area (Å²) in [5, 5.41) is 3.85. The maximum absolute atomic E-state index is 12.8. The molecule has 0 N–H and O–H groups in total. The van der Waals surface area contributed by atoms with Crippen LogP contribution in [0.5, 0.6) is 0 Å². The Morgan fingerprint density at radius 1 is 1.00 bits per heavy atom. The van der Waals surface area contributed by atoms with Crippen molar-refractivity contribution in [3.05, 3.63) is 17.5 Å². The molecule has 148 valence electrons. The highest BCUT2D eigenvalue weighted by Crippen LogP contribution is 2.26. The van der Waals surface area contributed by atoms with Crippen LogP contribution in [0.4, 0.5) is 0 Å². The zero-order chi connectivity index (χ0) is 18.8. The van der Waals surface area contributed by atoms with Gasteiger partial charge in [-0.15, -0.1) is 0 Å². The smallest absolute Gasteiger partial charge is 0.276 e. The first-order chi connectivity index (χ1) is 13.1. The van der Waals surface area contributed by atoms with Crippen molar-refractivity contribution in [1.29, 1.82) is 0 Å². The summed E-state index contributed by atoms with van der Waals surface area (Å²) in [6.45, 7) is 7.13. The Balaban J connectivity index is 1.30. The first-order valence-electron chi connectivity index (χ1n) is 10.4. The molecule has 3 aliphatic rings. The van der Waals surface area contributed by atoms with Gasteiger partial charge < -0.3 is 14.3 Å². The van der Waals surface area contributed by atoms with Gasteiger partial charge in [0.1, 0.15) is 5.76 Å². The molecular formula is C20H30N4O3. The van der Waals surface area contributed by atoms with E-state index in [2.05, 4.69) is 15.0 Å². The van der Waals surface area contributed by atoms with Crippen LogP contribution in [0, 0.1) is 12.8 Å². The number of carbonyl (C=O) groups is 2. The standard InChI is InChI=1S/C20H30N4O3/c1-15-13-18(21-27-15)20(26)23-11-6-17(7-12-23)24-10-4-5-16(14-24)19(25)22-8-2-3-9-22/h13,16-17H,2-12,14H2,1H3/t16-/m1/s1. The normalized spacial score (nSPS) is 25.1. The third-order valence-corrected chi connectivity index (χ3v) is 6.33. The minimum Gasteiger partial charge on any atom is -0.361 e. The molecule has 0 saturated carbocycles. The summed E-state index contributed by atoms with van der Waals surface area (Å²) in [7, 11) is 0. The van der Waals surface area contributed by atoms with E-state index in [0.29, 0.717) is 23.4 Å². The Labute approximate surface area is 160 Å². The Hall–Kier alpha value is -1.89. The summed E-state index contributed by atoms with van der Waals surface area (Å²) in [5.74, 6) is 1.15. The van der Waals surface area contributed by atoms with Crippen molar-refractivity contribution in [1.82, 2.24) is 19.9 Å². The van der Waals surface area contributed by atoms with Crippen LogP contribution in [0.15, 0.2) is 10.6 Å². The first-order valence-corrected chi connectivity index (χ1v) is 10.4. The zero-order valence-corrected chi connectivity index (χ0v) is 16.2. The van der Waals surface area contributed by atoms with Gasteiger partial charge in [-0.3, -0.25) is 14.5 Å². The number of rotatable bonds is 3. The largest absolute Gasteiger partial charge is 0.361 e. The molecule has 0 unspecified atom stereocenters. The average molecular weight is 374 g/mol.